The summed E-state index contributed by atoms with van der Waals surface area (Å²) in [7, 11) is 0. The molecule has 16 heavy (non-hydrogen) atoms. The zero-order chi connectivity index (χ0) is 12.1. The fourth-order valence-electron chi connectivity index (χ4n) is 1.25. The minimum Gasteiger partial charge on any atom is -0.395 e. The van der Waals surface area contributed by atoms with E-state index in [1.54, 1.807) is 4.90 Å². The van der Waals surface area contributed by atoms with Crippen molar-refractivity contribution in [1.82, 2.24) is 9.97 Å². The fraction of sp³-hybridized carbons (Fsp3) is 0.556. The lowest BCUT2D eigenvalue weighted by molar-refractivity contribution is -0.385. The van der Waals surface area contributed by atoms with Crippen molar-refractivity contribution in [2.45, 2.75) is 19.9 Å². The standard InChI is InChI=1S/C9H14N4O3/c1-7(2)12(3-4-14)9-10-5-8(6-11-9)13(15)16/h5-7,14H,3-4H2,1-2H3. The lowest BCUT2D eigenvalue weighted by Gasteiger charge is -2.25. The summed E-state index contributed by atoms with van der Waals surface area (Å²) in [5, 5.41) is 19.3. The molecule has 88 valence electrons. The maximum absolute atomic E-state index is 10.4. The van der Waals surface area contributed by atoms with Crippen molar-refractivity contribution in [3.63, 3.8) is 0 Å². The number of aliphatic hydroxyl groups is 1. The van der Waals surface area contributed by atoms with Crippen molar-refractivity contribution in [1.29, 1.82) is 0 Å². The predicted octanol–water partition coefficient (Wildman–Crippen LogP) is 0.592. The summed E-state index contributed by atoms with van der Waals surface area (Å²) in [5.74, 6) is 0.384. The molecule has 0 unspecified atom stereocenters. The average Bonchev–Trinajstić information content (AvgIpc) is 2.25. The molecule has 1 aromatic rings. The number of anilines is 1. The molecule has 0 saturated carbocycles. The maximum Gasteiger partial charge on any atom is 0.305 e. The third kappa shape index (κ3) is 2.86. The first-order valence-corrected chi connectivity index (χ1v) is 4.90. The number of nitrogens with zero attached hydrogens (tertiary/aromatic N) is 4. The van der Waals surface area contributed by atoms with Crippen LogP contribution in [0.5, 0.6) is 0 Å². The third-order valence-corrected chi connectivity index (χ3v) is 2.06. The van der Waals surface area contributed by atoms with Crippen molar-refractivity contribution in [2.24, 2.45) is 0 Å². The summed E-state index contributed by atoms with van der Waals surface area (Å²) in [4.78, 5) is 19.4. The Labute approximate surface area is 92.9 Å². The molecule has 0 fully saturated rings. The van der Waals surface area contributed by atoms with Gasteiger partial charge in [0, 0.05) is 12.6 Å². The molecule has 0 spiro atoms. The normalized spacial score (nSPS) is 10.5. The van der Waals surface area contributed by atoms with Gasteiger partial charge in [-0.3, -0.25) is 10.1 Å². The Bertz CT molecular complexity index is 352. The van der Waals surface area contributed by atoms with Gasteiger partial charge in [0.2, 0.25) is 5.95 Å². The van der Waals surface area contributed by atoms with E-state index in [4.69, 9.17) is 5.11 Å². The second kappa shape index (κ2) is 5.36. The van der Waals surface area contributed by atoms with E-state index in [-0.39, 0.29) is 18.3 Å². The zero-order valence-corrected chi connectivity index (χ0v) is 9.20. The minimum atomic E-state index is -0.546. The number of hydrogen-bond donors (Lipinski definition) is 1. The van der Waals surface area contributed by atoms with Crippen molar-refractivity contribution in [3.8, 4) is 0 Å². The molecule has 0 atom stereocenters. The molecule has 0 aliphatic rings. The Hall–Kier alpha value is -1.76. The van der Waals surface area contributed by atoms with Gasteiger partial charge in [0.05, 0.1) is 11.5 Å². The van der Waals surface area contributed by atoms with Gasteiger partial charge in [-0.25, -0.2) is 9.97 Å². The van der Waals surface area contributed by atoms with Crippen LogP contribution in [0.4, 0.5) is 11.6 Å². The van der Waals surface area contributed by atoms with Crippen LogP contribution in [0.3, 0.4) is 0 Å². The van der Waals surface area contributed by atoms with Gasteiger partial charge in [0.15, 0.2) is 0 Å². The van der Waals surface area contributed by atoms with E-state index >= 15 is 0 Å². The van der Waals surface area contributed by atoms with Crippen LogP contribution >= 0.6 is 0 Å². The second-order valence-corrected chi connectivity index (χ2v) is 3.51. The monoisotopic (exact) mass is 226 g/mol. The van der Waals surface area contributed by atoms with E-state index in [0.29, 0.717) is 12.5 Å². The highest BCUT2D eigenvalue weighted by molar-refractivity contribution is 5.34. The fourth-order valence-corrected chi connectivity index (χ4v) is 1.25. The van der Waals surface area contributed by atoms with Crippen LogP contribution in [0.1, 0.15) is 13.8 Å². The smallest absolute Gasteiger partial charge is 0.305 e. The van der Waals surface area contributed by atoms with Gasteiger partial charge in [-0.1, -0.05) is 0 Å². The topological polar surface area (TPSA) is 92.4 Å². The summed E-state index contributed by atoms with van der Waals surface area (Å²) in [5.41, 5.74) is -0.142. The molecule has 7 nitrogen and oxygen atoms in total. The SMILES string of the molecule is CC(C)N(CCO)c1ncc([N+](=O)[O-])cn1. The molecule has 0 aliphatic heterocycles. The molecular formula is C9H14N4O3. The van der Waals surface area contributed by atoms with Gasteiger partial charge in [-0.05, 0) is 13.8 Å². The quantitative estimate of drug-likeness (QED) is 0.583. The molecule has 0 bridgehead atoms. The Morgan fingerprint density at radius 1 is 1.50 bits per heavy atom. The third-order valence-electron chi connectivity index (χ3n) is 2.06. The molecule has 1 rings (SSSR count). The first kappa shape index (κ1) is 12.3. The Morgan fingerprint density at radius 3 is 2.44 bits per heavy atom. The first-order valence-electron chi connectivity index (χ1n) is 4.90. The molecule has 7 heteroatoms. The highest BCUT2D eigenvalue weighted by atomic mass is 16.6. The van der Waals surface area contributed by atoms with Gasteiger partial charge in [-0.2, -0.15) is 0 Å². The number of rotatable bonds is 5. The van der Waals surface area contributed by atoms with Crippen LogP contribution in [0.15, 0.2) is 12.4 Å². The van der Waals surface area contributed by atoms with E-state index in [9.17, 15) is 10.1 Å². The van der Waals surface area contributed by atoms with E-state index in [2.05, 4.69) is 9.97 Å². The van der Waals surface area contributed by atoms with Gasteiger partial charge in [0.1, 0.15) is 12.4 Å². The summed E-state index contributed by atoms with van der Waals surface area (Å²) in [6.45, 7) is 4.24. The van der Waals surface area contributed by atoms with Crippen LogP contribution in [0.2, 0.25) is 0 Å². The maximum atomic E-state index is 10.4. The molecule has 0 aliphatic carbocycles. The zero-order valence-electron chi connectivity index (χ0n) is 9.20. The molecule has 0 aromatic carbocycles. The number of hydrogen-bond acceptors (Lipinski definition) is 6. The van der Waals surface area contributed by atoms with E-state index in [0.717, 1.165) is 12.4 Å². The van der Waals surface area contributed by atoms with Gasteiger partial charge in [-0.15, -0.1) is 0 Å². The summed E-state index contributed by atoms with van der Waals surface area (Å²) >= 11 is 0. The lowest BCUT2D eigenvalue weighted by atomic mass is 10.3. The molecule has 1 N–H and O–H groups in total. The highest BCUT2D eigenvalue weighted by Gasteiger charge is 2.14. The summed E-state index contributed by atoms with van der Waals surface area (Å²) in [6.07, 6.45) is 2.32. The summed E-state index contributed by atoms with van der Waals surface area (Å²) < 4.78 is 0. The number of aliphatic hydroxyl groups excluding tert-OH is 1. The largest absolute Gasteiger partial charge is 0.395 e. The van der Waals surface area contributed by atoms with Crippen LogP contribution < -0.4 is 4.90 Å². The summed E-state index contributed by atoms with van der Waals surface area (Å²) in [6, 6.07) is 0.119. The lowest BCUT2D eigenvalue weighted by Crippen LogP contribution is -2.34. The molecule has 1 aromatic heterocycles. The van der Waals surface area contributed by atoms with Crippen LogP contribution in [0.25, 0.3) is 0 Å². The van der Waals surface area contributed by atoms with Crippen molar-refractivity contribution in [2.75, 3.05) is 18.1 Å². The first-order chi connectivity index (χ1) is 7.56. The van der Waals surface area contributed by atoms with Gasteiger partial charge >= 0.3 is 5.69 Å². The Balaban J connectivity index is 2.89. The average molecular weight is 226 g/mol. The molecule has 0 saturated heterocycles. The van der Waals surface area contributed by atoms with Gasteiger partial charge < -0.3 is 10.0 Å². The van der Waals surface area contributed by atoms with Crippen molar-refractivity contribution < 1.29 is 10.0 Å². The van der Waals surface area contributed by atoms with Crippen LogP contribution in [-0.4, -0.2) is 39.2 Å². The molecule has 0 amide bonds. The number of nitro groups is 1. The molecule has 1 heterocycles. The van der Waals surface area contributed by atoms with Crippen molar-refractivity contribution in [3.05, 3.63) is 22.5 Å². The molecule has 0 radical (unpaired) electrons. The van der Waals surface area contributed by atoms with Crippen molar-refractivity contribution >= 4 is 11.6 Å². The van der Waals surface area contributed by atoms with E-state index in [1.807, 2.05) is 13.8 Å². The molecular weight excluding hydrogens is 212 g/mol. The van der Waals surface area contributed by atoms with Crippen LogP contribution in [0, 0.1) is 10.1 Å². The number of aromatic nitrogens is 2. The Kier molecular flexibility index (Phi) is 4.12. The minimum absolute atomic E-state index is 0.0153. The predicted molar refractivity (Wildman–Crippen MR) is 58.3 cm³/mol. The second-order valence-electron chi connectivity index (χ2n) is 3.51. The highest BCUT2D eigenvalue weighted by Crippen LogP contribution is 2.13. The van der Waals surface area contributed by atoms with E-state index in [1.165, 1.54) is 0 Å². The van der Waals surface area contributed by atoms with Gasteiger partial charge in [0.25, 0.3) is 0 Å². The van der Waals surface area contributed by atoms with Crippen LogP contribution in [-0.2, 0) is 0 Å². The van der Waals surface area contributed by atoms with E-state index < -0.39 is 4.92 Å². The Morgan fingerprint density at radius 2 is 2.06 bits per heavy atom.